The van der Waals surface area contributed by atoms with Gasteiger partial charge in [-0.3, -0.25) is 4.79 Å². The van der Waals surface area contributed by atoms with Crippen LogP contribution < -0.4 is 10.6 Å². The Morgan fingerprint density at radius 1 is 1.20 bits per heavy atom. The summed E-state index contributed by atoms with van der Waals surface area (Å²) in [4.78, 5) is 12.6. The fourth-order valence-corrected chi connectivity index (χ4v) is 4.43. The maximum absolute atomic E-state index is 12.6. The molecule has 2 saturated heterocycles. The molecule has 2 heterocycles. The number of carbonyl (C=O) groups excluding carboxylic acids is 1. The second-order valence-electron chi connectivity index (χ2n) is 7.98. The van der Waals surface area contributed by atoms with Crippen molar-refractivity contribution in [3.05, 3.63) is 34.9 Å². The van der Waals surface area contributed by atoms with E-state index in [1.807, 2.05) is 24.3 Å². The second-order valence-corrected chi connectivity index (χ2v) is 8.42. The number of hydrogen-bond donors (Lipinski definition) is 2. The maximum atomic E-state index is 12.6. The average molecular weight is 385 g/mol. The zero-order valence-corrected chi connectivity index (χ0v) is 16.7. The van der Waals surface area contributed by atoms with Crippen molar-refractivity contribution >= 4 is 29.9 Å². The van der Waals surface area contributed by atoms with Crippen LogP contribution in [0.25, 0.3) is 0 Å². The normalized spacial score (nSPS) is 26.2. The highest BCUT2D eigenvalue weighted by molar-refractivity contribution is 6.30. The van der Waals surface area contributed by atoms with Crippen LogP contribution >= 0.6 is 24.0 Å². The van der Waals surface area contributed by atoms with E-state index in [0.29, 0.717) is 30.3 Å². The summed E-state index contributed by atoms with van der Waals surface area (Å²) in [5.41, 5.74) is 1.15. The van der Waals surface area contributed by atoms with E-state index in [2.05, 4.69) is 24.5 Å². The summed E-state index contributed by atoms with van der Waals surface area (Å²) in [5.74, 6) is 1.26. The first-order valence-electron chi connectivity index (χ1n) is 9.30. The Hall–Kier alpha value is -0.770. The fourth-order valence-electron chi connectivity index (χ4n) is 4.30. The summed E-state index contributed by atoms with van der Waals surface area (Å²) >= 11 is 6.00. The van der Waals surface area contributed by atoms with Gasteiger partial charge in [-0.2, -0.15) is 0 Å². The smallest absolute Gasteiger partial charge is 0.220 e. The molecule has 2 N–H and O–H groups in total. The molecule has 0 spiro atoms. The molecule has 1 aromatic carbocycles. The lowest BCUT2D eigenvalue weighted by Gasteiger charge is -2.29. The van der Waals surface area contributed by atoms with Crippen molar-refractivity contribution < 1.29 is 4.79 Å². The van der Waals surface area contributed by atoms with E-state index in [1.54, 1.807) is 0 Å². The van der Waals surface area contributed by atoms with Crippen molar-refractivity contribution in [3.8, 4) is 0 Å². The Morgan fingerprint density at radius 2 is 1.80 bits per heavy atom. The Morgan fingerprint density at radius 3 is 2.36 bits per heavy atom. The minimum atomic E-state index is 0. The summed E-state index contributed by atoms with van der Waals surface area (Å²) < 4.78 is 0. The topological polar surface area (TPSA) is 41.1 Å². The van der Waals surface area contributed by atoms with Crippen LogP contribution in [0.4, 0.5) is 0 Å². The first-order chi connectivity index (χ1) is 11.5. The molecule has 2 fully saturated rings. The van der Waals surface area contributed by atoms with E-state index >= 15 is 0 Å². The third-order valence-corrected chi connectivity index (χ3v) is 5.61. The van der Waals surface area contributed by atoms with Gasteiger partial charge in [-0.05, 0) is 61.6 Å². The van der Waals surface area contributed by atoms with Gasteiger partial charge in [0.05, 0.1) is 6.04 Å². The predicted octanol–water partition coefficient (Wildman–Crippen LogP) is 4.89. The van der Waals surface area contributed by atoms with E-state index < -0.39 is 0 Å². The molecule has 3 atom stereocenters. The van der Waals surface area contributed by atoms with Gasteiger partial charge in [0, 0.05) is 23.5 Å². The minimum Gasteiger partial charge on any atom is -0.349 e. The Bertz CT molecular complexity index is 549. The number of halogens is 2. The largest absolute Gasteiger partial charge is 0.349 e. The van der Waals surface area contributed by atoms with Crippen LogP contribution in [0.3, 0.4) is 0 Å². The first-order valence-corrected chi connectivity index (χ1v) is 9.68. The van der Waals surface area contributed by atoms with Crippen LogP contribution in [0.15, 0.2) is 24.3 Å². The van der Waals surface area contributed by atoms with Crippen LogP contribution in [0.2, 0.25) is 5.02 Å². The Kier molecular flexibility index (Phi) is 7.60. The Balaban J connectivity index is 0.00000225. The van der Waals surface area contributed by atoms with E-state index in [0.717, 1.165) is 29.8 Å². The standard InChI is InChI=1S/C20H29ClN2O.ClH/c1-13(2)9-19(15-3-5-16(21)6-4-15)23-20(24)12-14-10-17-7-8-18(11-14)22-17;/h3-6,13-14,17-19,22H,7-12H2,1-2H3,(H,23,24);1H. The van der Waals surface area contributed by atoms with Gasteiger partial charge in [-0.1, -0.05) is 37.6 Å². The molecule has 2 aliphatic rings. The monoisotopic (exact) mass is 384 g/mol. The van der Waals surface area contributed by atoms with E-state index in [4.69, 9.17) is 11.6 Å². The molecule has 0 aromatic heterocycles. The van der Waals surface area contributed by atoms with E-state index in [1.165, 1.54) is 12.8 Å². The van der Waals surface area contributed by atoms with Crippen molar-refractivity contribution in [1.29, 1.82) is 0 Å². The number of rotatable bonds is 6. The highest BCUT2D eigenvalue weighted by Crippen LogP contribution is 2.33. The molecule has 25 heavy (non-hydrogen) atoms. The lowest BCUT2D eigenvalue weighted by molar-refractivity contribution is -0.123. The van der Waals surface area contributed by atoms with Gasteiger partial charge in [0.1, 0.15) is 0 Å². The molecule has 3 nitrogen and oxygen atoms in total. The van der Waals surface area contributed by atoms with Crippen LogP contribution in [0, 0.1) is 11.8 Å². The maximum Gasteiger partial charge on any atom is 0.220 e. The molecule has 0 aliphatic carbocycles. The molecule has 1 aromatic rings. The SMILES string of the molecule is CC(C)CC(NC(=O)CC1CC2CCC(C1)N2)c1ccc(Cl)cc1.Cl. The van der Waals surface area contributed by atoms with E-state index in [-0.39, 0.29) is 24.4 Å². The number of carbonyl (C=O) groups is 1. The summed E-state index contributed by atoms with van der Waals surface area (Å²) in [6.07, 6.45) is 6.48. The summed E-state index contributed by atoms with van der Waals surface area (Å²) in [5, 5.41) is 7.66. The van der Waals surface area contributed by atoms with Gasteiger partial charge in [0.2, 0.25) is 5.91 Å². The molecule has 0 radical (unpaired) electrons. The highest BCUT2D eigenvalue weighted by Gasteiger charge is 2.34. The molecule has 2 aliphatic heterocycles. The summed E-state index contributed by atoms with van der Waals surface area (Å²) in [6.45, 7) is 4.39. The van der Waals surface area contributed by atoms with Crippen LogP contribution in [0.1, 0.15) is 64.0 Å². The molecule has 3 rings (SSSR count). The number of nitrogens with one attached hydrogen (secondary N) is 2. The predicted molar refractivity (Wildman–Crippen MR) is 106 cm³/mol. The zero-order valence-electron chi connectivity index (χ0n) is 15.1. The van der Waals surface area contributed by atoms with Crippen molar-refractivity contribution in [3.63, 3.8) is 0 Å². The van der Waals surface area contributed by atoms with Crippen LogP contribution in [-0.4, -0.2) is 18.0 Å². The van der Waals surface area contributed by atoms with Crippen molar-refractivity contribution in [2.24, 2.45) is 11.8 Å². The molecular weight excluding hydrogens is 355 g/mol. The van der Waals surface area contributed by atoms with Crippen LogP contribution in [-0.2, 0) is 4.79 Å². The lowest BCUT2D eigenvalue weighted by Crippen LogP contribution is -2.40. The molecule has 3 unspecified atom stereocenters. The zero-order chi connectivity index (χ0) is 17.1. The fraction of sp³-hybridized carbons (Fsp3) is 0.650. The van der Waals surface area contributed by atoms with Gasteiger partial charge >= 0.3 is 0 Å². The number of amides is 1. The molecular formula is C20H30Cl2N2O. The average Bonchev–Trinajstić information content (AvgIpc) is 2.85. The van der Waals surface area contributed by atoms with Gasteiger partial charge in [0.15, 0.2) is 0 Å². The molecule has 2 bridgehead atoms. The number of benzene rings is 1. The lowest BCUT2D eigenvalue weighted by atomic mass is 9.89. The van der Waals surface area contributed by atoms with Crippen molar-refractivity contribution in [1.82, 2.24) is 10.6 Å². The highest BCUT2D eigenvalue weighted by atomic mass is 35.5. The summed E-state index contributed by atoms with van der Waals surface area (Å²) in [6, 6.07) is 9.23. The number of hydrogen-bond acceptors (Lipinski definition) is 2. The second kappa shape index (κ2) is 9.25. The summed E-state index contributed by atoms with van der Waals surface area (Å²) in [7, 11) is 0. The van der Waals surface area contributed by atoms with Gasteiger partial charge in [-0.15, -0.1) is 12.4 Å². The quantitative estimate of drug-likeness (QED) is 0.732. The molecule has 5 heteroatoms. The Labute approximate surface area is 162 Å². The molecule has 1 amide bonds. The third-order valence-electron chi connectivity index (χ3n) is 5.36. The number of piperidine rings is 1. The van der Waals surface area contributed by atoms with Crippen molar-refractivity contribution in [2.75, 3.05) is 0 Å². The third kappa shape index (κ3) is 5.87. The van der Waals surface area contributed by atoms with Crippen LogP contribution in [0.5, 0.6) is 0 Å². The van der Waals surface area contributed by atoms with Crippen molar-refractivity contribution in [2.45, 2.75) is 70.5 Å². The molecule has 140 valence electrons. The van der Waals surface area contributed by atoms with Gasteiger partial charge in [-0.25, -0.2) is 0 Å². The minimum absolute atomic E-state index is 0. The number of fused-ring (bicyclic) bond motifs is 2. The van der Waals surface area contributed by atoms with Gasteiger partial charge < -0.3 is 10.6 Å². The van der Waals surface area contributed by atoms with E-state index in [9.17, 15) is 4.79 Å². The van der Waals surface area contributed by atoms with Gasteiger partial charge in [0.25, 0.3) is 0 Å². The first kappa shape index (κ1) is 20.5. The molecule has 0 saturated carbocycles.